The van der Waals surface area contributed by atoms with E-state index in [1.807, 2.05) is 38.1 Å². The van der Waals surface area contributed by atoms with Gasteiger partial charge in [-0.25, -0.2) is 0 Å². The number of carbonyl (C=O) groups is 1. The summed E-state index contributed by atoms with van der Waals surface area (Å²) in [5.41, 5.74) is 8.58. The van der Waals surface area contributed by atoms with Crippen LogP contribution in [0.15, 0.2) is 36.4 Å². The van der Waals surface area contributed by atoms with Crippen LogP contribution < -0.4 is 30.0 Å². The van der Waals surface area contributed by atoms with Gasteiger partial charge in [0, 0.05) is 44.7 Å². The Kier molecular flexibility index (Phi) is 15.7. The van der Waals surface area contributed by atoms with Crippen LogP contribution in [0.1, 0.15) is 58.1 Å². The zero-order valence-corrected chi connectivity index (χ0v) is 27.4. The van der Waals surface area contributed by atoms with E-state index in [9.17, 15) is 9.90 Å². The molecule has 1 amide bonds. The smallest absolute Gasteiger partial charge is 0.223 e. The molecular weight excluding hydrogens is 548 g/mol. The minimum atomic E-state index is -0.813. The lowest BCUT2D eigenvalue weighted by atomic mass is 9.81. The summed E-state index contributed by atoms with van der Waals surface area (Å²) in [4.78, 5) is 13.2. The first-order chi connectivity index (χ1) is 20.5. The first-order valence-electron chi connectivity index (χ1n) is 15.2. The number of nitrogens with two attached hydrogens (primary N) is 1. The highest BCUT2D eigenvalue weighted by molar-refractivity contribution is 5.79. The molecule has 0 saturated carbocycles. The SMILES string of the molecule is COCCCOc1cc(C[C@@H](C[C@H](N)[C@@H](O)C[C@H](C(=O)NCc2cc(OC)cc(OC)c2)C(C)C)C(C)C)ccc1OC. The van der Waals surface area contributed by atoms with Crippen molar-refractivity contribution in [2.45, 2.75) is 72.1 Å². The molecule has 0 saturated heterocycles. The summed E-state index contributed by atoms with van der Waals surface area (Å²) in [6.45, 7) is 9.83. The van der Waals surface area contributed by atoms with Crippen LogP contribution in [-0.4, -0.2) is 64.8 Å². The zero-order valence-electron chi connectivity index (χ0n) is 27.4. The monoisotopic (exact) mass is 602 g/mol. The molecule has 4 N–H and O–H groups in total. The fourth-order valence-electron chi connectivity index (χ4n) is 5.15. The van der Waals surface area contributed by atoms with Crippen LogP contribution >= 0.6 is 0 Å². The van der Waals surface area contributed by atoms with Gasteiger partial charge in [-0.05, 0) is 72.4 Å². The van der Waals surface area contributed by atoms with Crippen LogP contribution in [0.3, 0.4) is 0 Å². The standard InChI is InChI=1S/C34H54N2O7/c1-22(2)26(14-24-10-11-32(42-8)33(17-24)43-13-9-12-39-5)18-30(35)31(37)20-29(23(3)4)34(38)36-21-25-15-27(40-6)19-28(16-25)41-7/h10-11,15-17,19,22-23,26,29-31,37H,9,12-14,18,20-21,35H2,1-8H3,(H,36,38)/t26-,29-,30-,31-/m0/s1. The second kappa shape index (κ2) is 18.6. The molecule has 4 atom stereocenters. The Morgan fingerprint density at radius 1 is 0.837 bits per heavy atom. The minimum Gasteiger partial charge on any atom is -0.497 e. The highest BCUT2D eigenvalue weighted by Crippen LogP contribution is 2.32. The molecule has 0 aliphatic carbocycles. The van der Waals surface area contributed by atoms with Gasteiger partial charge in [-0.1, -0.05) is 33.8 Å². The van der Waals surface area contributed by atoms with E-state index in [0.29, 0.717) is 61.5 Å². The summed E-state index contributed by atoms with van der Waals surface area (Å²) in [6, 6.07) is 11.1. The largest absolute Gasteiger partial charge is 0.497 e. The third-order valence-corrected chi connectivity index (χ3v) is 8.00. The summed E-state index contributed by atoms with van der Waals surface area (Å²) >= 11 is 0. The zero-order chi connectivity index (χ0) is 31.9. The van der Waals surface area contributed by atoms with Crippen LogP contribution in [0.2, 0.25) is 0 Å². The van der Waals surface area contributed by atoms with Crippen molar-refractivity contribution in [2.75, 3.05) is 41.7 Å². The lowest BCUT2D eigenvalue weighted by molar-refractivity contribution is -0.127. The molecule has 43 heavy (non-hydrogen) atoms. The second-order valence-electron chi connectivity index (χ2n) is 11.9. The molecule has 0 fully saturated rings. The fourth-order valence-corrected chi connectivity index (χ4v) is 5.15. The van der Waals surface area contributed by atoms with E-state index in [2.05, 4.69) is 25.2 Å². The maximum atomic E-state index is 13.2. The lowest BCUT2D eigenvalue weighted by Crippen LogP contribution is -2.42. The van der Waals surface area contributed by atoms with Gasteiger partial charge in [-0.15, -0.1) is 0 Å². The quantitative estimate of drug-likeness (QED) is 0.181. The number of methoxy groups -OCH3 is 4. The number of benzene rings is 2. The normalized spacial score (nSPS) is 14.2. The van der Waals surface area contributed by atoms with E-state index in [1.165, 1.54) is 0 Å². The Morgan fingerprint density at radius 3 is 2.07 bits per heavy atom. The van der Waals surface area contributed by atoms with E-state index in [-0.39, 0.29) is 23.7 Å². The van der Waals surface area contributed by atoms with Crippen molar-refractivity contribution in [1.29, 1.82) is 0 Å². The van der Waals surface area contributed by atoms with Crippen molar-refractivity contribution in [3.63, 3.8) is 0 Å². The lowest BCUT2D eigenvalue weighted by Gasteiger charge is -2.30. The molecule has 0 aliphatic heterocycles. The minimum absolute atomic E-state index is 0.0317. The first kappa shape index (κ1) is 36.2. The number of amides is 1. The van der Waals surface area contributed by atoms with Gasteiger partial charge in [0.1, 0.15) is 11.5 Å². The first-order valence-corrected chi connectivity index (χ1v) is 15.2. The molecule has 0 aromatic heterocycles. The van der Waals surface area contributed by atoms with Crippen molar-refractivity contribution in [2.24, 2.45) is 29.4 Å². The van der Waals surface area contributed by atoms with Crippen LogP contribution in [0.5, 0.6) is 23.0 Å². The third-order valence-electron chi connectivity index (χ3n) is 8.00. The predicted molar refractivity (Wildman–Crippen MR) is 170 cm³/mol. The van der Waals surface area contributed by atoms with Crippen molar-refractivity contribution in [1.82, 2.24) is 5.32 Å². The van der Waals surface area contributed by atoms with Crippen LogP contribution in [0, 0.1) is 23.7 Å². The molecule has 2 aromatic rings. The van der Waals surface area contributed by atoms with Crippen LogP contribution in [-0.2, 0) is 22.5 Å². The summed E-state index contributed by atoms with van der Waals surface area (Å²) in [7, 11) is 6.49. The fraction of sp³-hybridized carbons (Fsp3) is 0.618. The molecule has 9 nitrogen and oxygen atoms in total. The number of rotatable bonds is 20. The summed E-state index contributed by atoms with van der Waals surface area (Å²) in [5, 5.41) is 14.2. The van der Waals surface area contributed by atoms with E-state index < -0.39 is 12.1 Å². The summed E-state index contributed by atoms with van der Waals surface area (Å²) in [6.07, 6.45) is 1.68. The maximum absolute atomic E-state index is 13.2. The van der Waals surface area contributed by atoms with Crippen molar-refractivity contribution < 1.29 is 33.6 Å². The molecule has 242 valence electrons. The summed E-state index contributed by atoms with van der Waals surface area (Å²) in [5.74, 6) is 2.83. The molecule has 0 aliphatic rings. The number of ether oxygens (including phenoxy) is 5. The number of hydrogen-bond acceptors (Lipinski definition) is 8. The number of aliphatic hydroxyl groups excluding tert-OH is 1. The van der Waals surface area contributed by atoms with Gasteiger partial charge in [0.25, 0.3) is 0 Å². The Bertz CT molecular complexity index is 1090. The molecule has 0 heterocycles. The molecule has 2 aromatic carbocycles. The van der Waals surface area contributed by atoms with Gasteiger partial charge in [0.15, 0.2) is 11.5 Å². The van der Waals surface area contributed by atoms with Gasteiger partial charge in [-0.3, -0.25) is 4.79 Å². The van der Waals surface area contributed by atoms with Crippen LogP contribution in [0.25, 0.3) is 0 Å². The molecular formula is C34H54N2O7. The molecule has 2 rings (SSSR count). The molecule has 0 radical (unpaired) electrons. The Hall–Kier alpha value is -3.01. The van der Waals surface area contributed by atoms with Crippen molar-refractivity contribution in [3.05, 3.63) is 47.5 Å². The molecule has 0 spiro atoms. The van der Waals surface area contributed by atoms with E-state index in [0.717, 1.165) is 24.0 Å². The van der Waals surface area contributed by atoms with E-state index in [4.69, 9.17) is 29.4 Å². The summed E-state index contributed by atoms with van der Waals surface area (Å²) < 4.78 is 27.3. The average Bonchev–Trinajstić information content (AvgIpc) is 2.99. The third kappa shape index (κ3) is 11.9. The Labute approximate surface area is 258 Å². The maximum Gasteiger partial charge on any atom is 0.223 e. The van der Waals surface area contributed by atoms with Gasteiger partial charge in [-0.2, -0.15) is 0 Å². The number of aliphatic hydroxyl groups is 1. The Balaban J connectivity index is 2.03. The van der Waals surface area contributed by atoms with Crippen LogP contribution in [0.4, 0.5) is 0 Å². The predicted octanol–water partition coefficient (Wildman–Crippen LogP) is 5.00. The number of nitrogens with one attached hydrogen (secondary N) is 1. The van der Waals surface area contributed by atoms with Gasteiger partial charge >= 0.3 is 0 Å². The molecule has 9 heteroatoms. The van der Waals surface area contributed by atoms with E-state index in [1.54, 1.807) is 34.5 Å². The van der Waals surface area contributed by atoms with Crippen molar-refractivity contribution in [3.8, 4) is 23.0 Å². The van der Waals surface area contributed by atoms with Gasteiger partial charge in [0.2, 0.25) is 5.91 Å². The Morgan fingerprint density at radius 2 is 1.51 bits per heavy atom. The molecule has 0 bridgehead atoms. The second-order valence-corrected chi connectivity index (χ2v) is 11.9. The number of hydrogen-bond donors (Lipinski definition) is 3. The molecule has 0 unspecified atom stereocenters. The van der Waals surface area contributed by atoms with Gasteiger partial charge in [0.05, 0.1) is 34.0 Å². The highest BCUT2D eigenvalue weighted by atomic mass is 16.5. The highest BCUT2D eigenvalue weighted by Gasteiger charge is 2.30. The topological polar surface area (TPSA) is 122 Å². The number of carbonyl (C=O) groups excluding carboxylic acids is 1. The average molecular weight is 603 g/mol. The van der Waals surface area contributed by atoms with Crippen molar-refractivity contribution >= 4 is 5.91 Å². The van der Waals surface area contributed by atoms with Gasteiger partial charge < -0.3 is 39.8 Å². The van der Waals surface area contributed by atoms with E-state index >= 15 is 0 Å².